The first-order valence-corrected chi connectivity index (χ1v) is 7.17. The fourth-order valence-corrected chi connectivity index (χ4v) is 2.45. The van der Waals surface area contributed by atoms with Gasteiger partial charge in [0, 0.05) is 23.2 Å². The average Bonchev–Trinajstić information content (AvgIpc) is 2.33. The molecule has 0 aromatic heterocycles. The van der Waals surface area contributed by atoms with Gasteiger partial charge in [-0.1, -0.05) is 23.2 Å². The fourth-order valence-electron chi connectivity index (χ4n) is 1.75. The van der Waals surface area contributed by atoms with Crippen molar-refractivity contribution in [3.63, 3.8) is 0 Å². The third kappa shape index (κ3) is 5.27. The van der Waals surface area contributed by atoms with Gasteiger partial charge in [-0.2, -0.15) is 0 Å². The minimum atomic E-state index is -0.446. The molecular formula is C14H20Cl2FNO. The van der Waals surface area contributed by atoms with E-state index in [2.05, 4.69) is 5.32 Å². The first-order valence-electron chi connectivity index (χ1n) is 6.41. The molecule has 2 nitrogen and oxygen atoms in total. The molecule has 0 bridgehead atoms. The van der Waals surface area contributed by atoms with E-state index >= 15 is 0 Å². The smallest absolute Gasteiger partial charge is 0.142 e. The minimum absolute atomic E-state index is 0.0888. The number of rotatable bonds is 7. The summed E-state index contributed by atoms with van der Waals surface area (Å²) >= 11 is 12.0. The standard InChI is InChI=1S/C14H20Cl2FNO/c1-9(2)19-8-4-7-18-10(3)13-11(15)5-6-12(17)14(13)16/h5-6,9-10,18H,4,7-8H2,1-3H3. The minimum Gasteiger partial charge on any atom is -0.379 e. The number of ether oxygens (including phenoxy) is 1. The van der Waals surface area contributed by atoms with Gasteiger partial charge < -0.3 is 10.1 Å². The molecule has 0 saturated carbocycles. The van der Waals surface area contributed by atoms with E-state index in [1.807, 2.05) is 20.8 Å². The summed E-state index contributed by atoms with van der Waals surface area (Å²) in [6.45, 7) is 7.37. The maximum atomic E-state index is 13.4. The molecule has 0 heterocycles. The summed E-state index contributed by atoms with van der Waals surface area (Å²) in [5, 5.41) is 3.83. The van der Waals surface area contributed by atoms with E-state index in [-0.39, 0.29) is 17.2 Å². The van der Waals surface area contributed by atoms with Crippen molar-refractivity contribution in [1.82, 2.24) is 5.32 Å². The van der Waals surface area contributed by atoms with Gasteiger partial charge in [0.2, 0.25) is 0 Å². The summed E-state index contributed by atoms with van der Waals surface area (Å²) in [4.78, 5) is 0. The molecule has 0 fully saturated rings. The zero-order chi connectivity index (χ0) is 14.4. The number of hydrogen-bond donors (Lipinski definition) is 1. The molecule has 1 atom stereocenters. The summed E-state index contributed by atoms with van der Waals surface area (Å²) in [6, 6.07) is 2.70. The van der Waals surface area contributed by atoms with Gasteiger partial charge >= 0.3 is 0 Å². The van der Waals surface area contributed by atoms with Crippen molar-refractivity contribution < 1.29 is 9.13 Å². The van der Waals surface area contributed by atoms with Crippen LogP contribution in [0.2, 0.25) is 10.0 Å². The van der Waals surface area contributed by atoms with Crippen molar-refractivity contribution in [3.8, 4) is 0 Å². The SMILES string of the molecule is CC(C)OCCCNC(C)c1c(Cl)ccc(F)c1Cl. The molecule has 5 heteroatoms. The van der Waals surface area contributed by atoms with Crippen LogP contribution in [0, 0.1) is 5.82 Å². The lowest BCUT2D eigenvalue weighted by molar-refractivity contribution is 0.0768. The van der Waals surface area contributed by atoms with E-state index in [1.165, 1.54) is 12.1 Å². The number of halogens is 3. The Balaban J connectivity index is 2.50. The second kappa shape index (κ2) is 8.05. The quantitative estimate of drug-likeness (QED) is 0.587. The van der Waals surface area contributed by atoms with Gasteiger partial charge in [-0.3, -0.25) is 0 Å². The molecule has 1 N–H and O–H groups in total. The lowest BCUT2D eigenvalue weighted by Crippen LogP contribution is -2.22. The molecule has 1 unspecified atom stereocenters. The average molecular weight is 308 g/mol. The summed E-state index contributed by atoms with van der Waals surface area (Å²) in [5.74, 6) is -0.446. The van der Waals surface area contributed by atoms with Gasteiger partial charge in [0.05, 0.1) is 11.1 Å². The number of hydrogen-bond acceptors (Lipinski definition) is 2. The second-order valence-corrected chi connectivity index (χ2v) is 5.49. The summed E-state index contributed by atoms with van der Waals surface area (Å²) < 4.78 is 18.9. The Morgan fingerprint density at radius 2 is 1.95 bits per heavy atom. The van der Waals surface area contributed by atoms with Crippen molar-refractivity contribution in [1.29, 1.82) is 0 Å². The Kier molecular flexibility index (Phi) is 7.08. The maximum absolute atomic E-state index is 13.4. The van der Waals surface area contributed by atoms with Crippen LogP contribution in [-0.4, -0.2) is 19.3 Å². The van der Waals surface area contributed by atoms with Crippen LogP contribution in [0.5, 0.6) is 0 Å². The van der Waals surface area contributed by atoms with Crippen molar-refractivity contribution in [2.45, 2.75) is 39.3 Å². The lowest BCUT2D eigenvalue weighted by Gasteiger charge is -2.17. The topological polar surface area (TPSA) is 21.3 Å². The van der Waals surface area contributed by atoms with Crippen molar-refractivity contribution in [2.75, 3.05) is 13.2 Å². The van der Waals surface area contributed by atoms with E-state index < -0.39 is 5.82 Å². The Hall–Kier alpha value is -0.350. The van der Waals surface area contributed by atoms with Gasteiger partial charge in [-0.25, -0.2) is 4.39 Å². The van der Waals surface area contributed by atoms with E-state index in [0.717, 1.165) is 13.0 Å². The van der Waals surface area contributed by atoms with Gasteiger partial charge in [0.15, 0.2) is 0 Å². The molecule has 0 spiro atoms. The molecule has 0 aliphatic carbocycles. The third-order valence-electron chi connectivity index (χ3n) is 2.74. The molecule has 0 amide bonds. The first-order chi connectivity index (χ1) is 8.93. The number of benzene rings is 1. The predicted octanol–water partition coefficient (Wildman–Crippen LogP) is 4.60. The maximum Gasteiger partial charge on any atom is 0.142 e. The molecule has 1 aromatic rings. The van der Waals surface area contributed by atoms with Crippen LogP contribution in [0.3, 0.4) is 0 Å². The molecule has 0 saturated heterocycles. The first kappa shape index (κ1) is 16.7. The fraction of sp³-hybridized carbons (Fsp3) is 0.571. The number of nitrogens with one attached hydrogen (secondary N) is 1. The summed E-state index contributed by atoms with van der Waals surface area (Å²) in [7, 11) is 0. The third-order valence-corrected chi connectivity index (χ3v) is 3.45. The molecule has 1 aromatic carbocycles. The van der Waals surface area contributed by atoms with Gasteiger partial charge in [0.1, 0.15) is 5.82 Å². The van der Waals surface area contributed by atoms with Crippen molar-refractivity contribution in [3.05, 3.63) is 33.6 Å². The Morgan fingerprint density at radius 3 is 2.58 bits per heavy atom. The molecule has 0 aliphatic rings. The van der Waals surface area contributed by atoms with Crippen LogP contribution in [-0.2, 0) is 4.74 Å². The molecule has 0 radical (unpaired) electrons. The van der Waals surface area contributed by atoms with Gasteiger partial charge in [-0.05, 0) is 45.9 Å². The van der Waals surface area contributed by atoms with Crippen LogP contribution in [0.1, 0.15) is 38.8 Å². The molecule has 19 heavy (non-hydrogen) atoms. The van der Waals surface area contributed by atoms with E-state index in [1.54, 1.807) is 0 Å². The van der Waals surface area contributed by atoms with E-state index in [0.29, 0.717) is 17.2 Å². The van der Waals surface area contributed by atoms with Gasteiger partial charge in [0.25, 0.3) is 0 Å². The van der Waals surface area contributed by atoms with Crippen LogP contribution in [0.4, 0.5) is 4.39 Å². The highest BCUT2D eigenvalue weighted by Gasteiger charge is 2.16. The Bertz CT molecular complexity index is 413. The molecule has 108 valence electrons. The molecule has 1 rings (SSSR count). The van der Waals surface area contributed by atoms with E-state index in [4.69, 9.17) is 27.9 Å². The van der Waals surface area contributed by atoms with Crippen molar-refractivity contribution >= 4 is 23.2 Å². The second-order valence-electron chi connectivity index (χ2n) is 4.71. The van der Waals surface area contributed by atoms with Crippen molar-refractivity contribution in [2.24, 2.45) is 0 Å². The highest BCUT2D eigenvalue weighted by Crippen LogP contribution is 2.32. The van der Waals surface area contributed by atoms with Crippen LogP contribution < -0.4 is 5.32 Å². The Morgan fingerprint density at radius 1 is 1.26 bits per heavy atom. The summed E-state index contributed by atoms with van der Waals surface area (Å²) in [6.07, 6.45) is 1.12. The molecule has 0 aliphatic heterocycles. The Labute approximate surface area is 124 Å². The van der Waals surface area contributed by atoms with Crippen LogP contribution >= 0.6 is 23.2 Å². The van der Waals surface area contributed by atoms with Gasteiger partial charge in [-0.15, -0.1) is 0 Å². The predicted molar refractivity (Wildman–Crippen MR) is 78.5 cm³/mol. The zero-order valence-electron chi connectivity index (χ0n) is 11.5. The lowest BCUT2D eigenvalue weighted by atomic mass is 10.1. The molecular weight excluding hydrogens is 288 g/mol. The largest absolute Gasteiger partial charge is 0.379 e. The summed E-state index contributed by atoms with van der Waals surface area (Å²) in [5.41, 5.74) is 0.605. The highest BCUT2D eigenvalue weighted by molar-refractivity contribution is 6.36. The zero-order valence-corrected chi connectivity index (χ0v) is 13.0. The van der Waals surface area contributed by atoms with Crippen LogP contribution in [0.15, 0.2) is 12.1 Å². The highest BCUT2D eigenvalue weighted by atomic mass is 35.5. The normalized spacial score (nSPS) is 13.0. The van der Waals surface area contributed by atoms with Crippen LogP contribution in [0.25, 0.3) is 0 Å². The van der Waals surface area contributed by atoms with E-state index in [9.17, 15) is 4.39 Å². The monoisotopic (exact) mass is 307 g/mol.